The summed E-state index contributed by atoms with van der Waals surface area (Å²) < 4.78 is 24.7. The van der Waals surface area contributed by atoms with Crippen LogP contribution in [0, 0.1) is 0 Å². The number of ether oxygens (including phenoxy) is 2. The molecular weight excluding hydrogens is 488 g/mol. The number of hydrogen-bond donors (Lipinski definition) is 0. The van der Waals surface area contributed by atoms with Gasteiger partial charge in [0.05, 0.1) is 13.2 Å². The maximum Gasteiger partial charge on any atom is 0.262 e. The molecule has 2 aromatic carbocycles. The molecule has 0 atom stereocenters. The Labute approximate surface area is 219 Å². The van der Waals surface area contributed by atoms with E-state index in [1.807, 2.05) is 60.7 Å². The average molecular weight is 517 g/mol. The van der Waals surface area contributed by atoms with Crippen molar-refractivity contribution in [2.45, 2.75) is 39.5 Å². The van der Waals surface area contributed by atoms with Crippen molar-refractivity contribution in [2.75, 3.05) is 13.2 Å². The van der Waals surface area contributed by atoms with E-state index >= 15 is 0 Å². The van der Waals surface area contributed by atoms with Gasteiger partial charge in [-0.15, -0.1) is 31.7 Å². The van der Waals surface area contributed by atoms with Gasteiger partial charge in [0.25, 0.3) is 11.8 Å². The fraction of sp³-hybridized carbons (Fsp3) is 0.286. The summed E-state index contributed by atoms with van der Waals surface area (Å²) in [5, 5.41) is 17.2. The minimum absolute atomic E-state index is 0.352. The van der Waals surface area contributed by atoms with Crippen LogP contribution >= 0.6 is 11.3 Å². The zero-order chi connectivity index (χ0) is 25.5. The molecule has 37 heavy (non-hydrogen) atoms. The van der Waals surface area contributed by atoms with E-state index in [9.17, 15) is 0 Å². The monoisotopic (exact) mass is 516 g/mol. The molecule has 0 aliphatic carbocycles. The third-order valence-corrected chi connectivity index (χ3v) is 6.72. The second-order valence-corrected chi connectivity index (χ2v) is 9.40. The third-order valence-electron chi connectivity index (χ3n) is 5.59. The zero-order valence-corrected chi connectivity index (χ0v) is 21.7. The smallest absolute Gasteiger partial charge is 0.262 e. The molecule has 5 rings (SSSR count). The number of rotatable bonds is 12. The van der Waals surface area contributed by atoms with Gasteiger partial charge in [-0.05, 0) is 37.1 Å². The minimum Gasteiger partial charge on any atom is -0.488 e. The molecule has 9 heteroatoms. The van der Waals surface area contributed by atoms with Crippen molar-refractivity contribution in [3.8, 4) is 55.9 Å². The lowest BCUT2D eigenvalue weighted by Gasteiger charge is -2.10. The van der Waals surface area contributed by atoms with E-state index < -0.39 is 0 Å². The Hall–Kier alpha value is -3.98. The van der Waals surface area contributed by atoms with Gasteiger partial charge in [0.2, 0.25) is 11.8 Å². The molecule has 0 bridgehead atoms. The molecular formula is C28H28N4O4S. The SMILES string of the molecule is CCCCOc1c(-c2nnc(-c3ccccc3)o2)sc(-c2nnc(-c3ccccc3)o2)c1OCCCC. The van der Waals surface area contributed by atoms with Gasteiger partial charge in [0.1, 0.15) is 9.75 Å². The maximum atomic E-state index is 6.27. The molecule has 3 heterocycles. The highest BCUT2D eigenvalue weighted by Crippen LogP contribution is 2.52. The number of aromatic nitrogens is 4. The second-order valence-electron chi connectivity index (χ2n) is 8.38. The number of nitrogens with zero attached hydrogens (tertiary/aromatic N) is 4. The largest absolute Gasteiger partial charge is 0.488 e. The summed E-state index contributed by atoms with van der Waals surface area (Å²) in [6.45, 7) is 5.30. The van der Waals surface area contributed by atoms with E-state index in [4.69, 9.17) is 18.3 Å². The Morgan fingerprint density at radius 3 is 1.41 bits per heavy atom. The highest BCUT2D eigenvalue weighted by Gasteiger charge is 2.30. The fourth-order valence-electron chi connectivity index (χ4n) is 3.61. The standard InChI is InChI=1S/C28H28N4O4S/c1-3-5-17-33-21-22(34-18-6-4-2)24(28-32-30-26(36-28)20-15-11-8-12-16-20)37-23(21)27-31-29-25(35-27)19-13-9-7-10-14-19/h7-16H,3-6,17-18H2,1-2H3. The first-order chi connectivity index (χ1) is 18.3. The molecule has 0 spiro atoms. The van der Waals surface area contributed by atoms with Crippen molar-refractivity contribution in [3.63, 3.8) is 0 Å². The van der Waals surface area contributed by atoms with E-state index in [1.54, 1.807) is 0 Å². The van der Waals surface area contributed by atoms with Gasteiger partial charge in [0.15, 0.2) is 11.5 Å². The van der Waals surface area contributed by atoms with Crippen LogP contribution in [0.15, 0.2) is 69.5 Å². The topological polar surface area (TPSA) is 96.3 Å². The summed E-state index contributed by atoms with van der Waals surface area (Å²) in [5.41, 5.74) is 1.69. The average Bonchev–Trinajstić information content (AvgIpc) is 3.69. The zero-order valence-electron chi connectivity index (χ0n) is 20.8. The van der Waals surface area contributed by atoms with Gasteiger partial charge in [-0.3, -0.25) is 0 Å². The summed E-state index contributed by atoms with van der Waals surface area (Å²) in [7, 11) is 0. The van der Waals surface area contributed by atoms with Crippen molar-refractivity contribution in [1.29, 1.82) is 0 Å². The first kappa shape index (κ1) is 24.7. The van der Waals surface area contributed by atoms with Crippen LogP contribution in [0.3, 0.4) is 0 Å². The van der Waals surface area contributed by atoms with Crippen LogP contribution in [0.5, 0.6) is 11.5 Å². The van der Waals surface area contributed by atoms with Crippen molar-refractivity contribution in [3.05, 3.63) is 60.7 Å². The van der Waals surface area contributed by atoms with Gasteiger partial charge in [0, 0.05) is 11.1 Å². The van der Waals surface area contributed by atoms with Crippen LogP contribution in [-0.4, -0.2) is 33.6 Å². The minimum atomic E-state index is 0.352. The first-order valence-corrected chi connectivity index (χ1v) is 13.3. The molecule has 5 aromatic rings. The van der Waals surface area contributed by atoms with Gasteiger partial charge in [-0.2, -0.15) is 0 Å². The molecule has 0 saturated heterocycles. The fourth-order valence-corrected chi connectivity index (χ4v) is 4.64. The van der Waals surface area contributed by atoms with Gasteiger partial charge >= 0.3 is 0 Å². The summed E-state index contributed by atoms with van der Waals surface area (Å²) >= 11 is 1.38. The Bertz CT molecular complexity index is 1310. The number of hydrogen-bond acceptors (Lipinski definition) is 9. The molecule has 3 aromatic heterocycles. The Balaban J connectivity index is 1.58. The number of unbranched alkanes of at least 4 members (excludes halogenated alkanes) is 2. The summed E-state index contributed by atoms with van der Waals surface area (Å²) in [4.78, 5) is 1.35. The molecule has 0 aliphatic rings. The Kier molecular flexibility index (Phi) is 7.90. The van der Waals surface area contributed by atoms with Crippen LogP contribution in [-0.2, 0) is 0 Å². The van der Waals surface area contributed by atoms with E-state index in [2.05, 4.69) is 34.2 Å². The first-order valence-electron chi connectivity index (χ1n) is 12.5. The third kappa shape index (κ3) is 5.56. The van der Waals surface area contributed by atoms with E-state index in [0.29, 0.717) is 58.0 Å². The molecule has 8 nitrogen and oxygen atoms in total. The lowest BCUT2D eigenvalue weighted by atomic mass is 10.2. The van der Waals surface area contributed by atoms with Crippen molar-refractivity contribution >= 4 is 11.3 Å². The lowest BCUT2D eigenvalue weighted by Crippen LogP contribution is -2.02. The quantitative estimate of drug-likeness (QED) is 0.157. The van der Waals surface area contributed by atoms with Crippen LogP contribution < -0.4 is 9.47 Å². The van der Waals surface area contributed by atoms with E-state index in [1.165, 1.54) is 11.3 Å². The lowest BCUT2D eigenvalue weighted by molar-refractivity contribution is 0.265. The Morgan fingerprint density at radius 2 is 1.00 bits per heavy atom. The second kappa shape index (κ2) is 11.8. The molecule has 0 saturated carbocycles. The molecule has 190 valence electrons. The van der Waals surface area contributed by atoms with Crippen LogP contribution in [0.2, 0.25) is 0 Å². The summed E-state index contributed by atoms with van der Waals surface area (Å²) in [6, 6.07) is 19.3. The number of thiophene rings is 1. The van der Waals surface area contributed by atoms with Crippen LogP contribution in [0.25, 0.3) is 44.4 Å². The van der Waals surface area contributed by atoms with Gasteiger partial charge in [-0.1, -0.05) is 63.1 Å². The van der Waals surface area contributed by atoms with E-state index in [-0.39, 0.29) is 0 Å². The Morgan fingerprint density at radius 1 is 0.595 bits per heavy atom. The maximum absolute atomic E-state index is 6.27. The molecule has 0 N–H and O–H groups in total. The predicted molar refractivity (Wildman–Crippen MR) is 143 cm³/mol. The highest BCUT2D eigenvalue weighted by atomic mass is 32.1. The van der Waals surface area contributed by atoms with Crippen molar-refractivity contribution in [2.24, 2.45) is 0 Å². The van der Waals surface area contributed by atoms with Gasteiger partial charge in [-0.25, -0.2) is 0 Å². The highest BCUT2D eigenvalue weighted by molar-refractivity contribution is 7.19. The molecule has 0 unspecified atom stereocenters. The van der Waals surface area contributed by atoms with E-state index in [0.717, 1.165) is 36.8 Å². The normalized spacial score (nSPS) is 11.1. The number of benzene rings is 2. The summed E-state index contributed by atoms with van der Waals surface area (Å²) in [5.74, 6) is 2.69. The molecule has 0 amide bonds. The summed E-state index contributed by atoms with van der Waals surface area (Å²) in [6.07, 6.45) is 3.80. The van der Waals surface area contributed by atoms with Crippen molar-refractivity contribution in [1.82, 2.24) is 20.4 Å². The van der Waals surface area contributed by atoms with Crippen LogP contribution in [0.1, 0.15) is 39.5 Å². The van der Waals surface area contributed by atoms with Crippen molar-refractivity contribution < 1.29 is 18.3 Å². The molecule has 0 radical (unpaired) electrons. The molecule has 0 fully saturated rings. The van der Waals surface area contributed by atoms with Crippen LogP contribution in [0.4, 0.5) is 0 Å². The predicted octanol–water partition coefficient (Wildman–Crippen LogP) is 7.54. The molecule has 0 aliphatic heterocycles. The van der Waals surface area contributed by atoms with Gasteiger partial charge < -0.3 is 18.3 Å².